The Morgan fingerprint density at radius 1 is 0.938 bits per heavy atom. The van der Waals surface area contributed by atoms with Crippen LogP contribution in [0.1, 0.15) is 49.9 Å². The first-order valence-electron chi connectivity index (χ1n) is 11.6. The molecule has 6 heteroatoms. The lowest BCUT2D eigenvalue weighted by atomic mass is 9.98. The summed E-state index contributed by atoms with van der Waals surface area (Å²) < 4.78 is 11.3. The third kappa shape index (κ3) is 6.02. The van der Waals surface area contributed by atoms with Gasteiger partial charge in [-0.3, -0.25) is 4.79 Å². The number of ether oxygens (including phenoxy) is 2. The van der Waals surface area contributed by atoms with Crippen molar-refractivity contribution in [3.05, 3.63) is 54.1 Å². The van der Waals surface area contributed by atoms with Gasteiger partial charge in [0.05, 0.1) is 12.7 Å². The molecular weight excluding hydrogens is 404 g/mol. The van der Waals surface area contributed by atoms with Crippen molar-refractivity contribution in [2.75, 3.05) is 19.7 Å². The minimum absolute atomic E-state index is 0.00504. The van der Waals surface area contributed by atoms with Gasteiger partial charge in [0, 0.05) is 24.7 Å². The van der Waals surface area contributed by atoms with Crippen LogP contribution >= 0.6 is 0 Å². The normalized spacial score (nSPS) is 16.7. The SMILES string of the molecule is CC(C)OC(=O)N1CCC(COc2ccc(-c3ccc(C(=O)NC4CC4)cc3)cc2)CC1. The number of nitrogens with zero attached hydrogens (tertiary/aromatic N) is 1. The van der Waals surface area contributed by atoms with Crippen LogP contribution in [0.25, 0.3) is 11.1 Å². The lowest BCUT2D eigenvalue weighted by Gasteiger charge is -2.31. The predicted molar refractivity (Wildman–Crippen MR) is 124 cm³/mol. The monoisotopic (exact) mass is 436 g/mol. The van der Waals surface area contributed by atoms with Crippen LogP contribution in [0.3, 0.4) is 0 Å². The highest BCUT2D eigenvalue weighted by atomic mass is 16.6. The van der Waals surface area contributed by atoms with E-state index in [0.29, 0.717) is 37.2 Å². The maximum atomic E-state index is 12.1. The summed E-state index contributed by atoms with van der Waals surface area (Å²) in [5.74, 6) is 1.29. The molecule has 2 aromatic carbocycles. The summed E-state index contributed by atoms with van der Waals surface area (Å²) in [4.78, 5) is 25.9. The molecule has 1 aliphatic carbocycles. The highest BCUT2D eigenvalue weighted by molar-refractivity contribution is 5.95. The van der Waals surface area contributed by atoms with Crippen LogP contribution < -0.4 is 10.1 Å². The lowest BCUT2D eigenvalue weighted by Crippen LogP contribution is -2.40. The van der Waals surface area contributed by atoms with Crippen LogP contribution in [0, 0.1) is 5.92 Å². The first-order chi connectivity index (χ1) is 15.5. The number of benzene rings is 2. The van der Waals surface area contributed by atoms with Crippen LogP contribution in [0.2, 0.25) is 0 Å². The van der Waals surface area contributed by atoms with Crippen molar-refractivity contribution in [1.82, 2.24) is 10.2 Å². The van der Waals surface area contributed by atoms with Crippen molar-refractivity contribution >= 4 is 12.0 Å². The molecule has 2 aliphatic rings. The van der Waals surface area contributed by atoms with Crippen molar-refractivity contribution in [3.8, 4) is 16.9 Å². The first-order valence-corrected chi connectivity index (χ1v) is 11.6. The molecule has 1 aliphatic heterocycles. The zero-order valence-electron chi connectivity index (χ0n) is 18.9. The molecule has 4 rings (SSSR count). The smallest absolute Gasteiger partial charge is 0.410 e. The van der Waals surface area contributed by atoms with Crippen LogP contribution in [0.15, 0.2) is 48.5 Å². The van der Waals surface area contributed by atoms with Gasteiger partial charge in [0.2, 0.25) is 0 Å². The number of carbonyl (C=O) groups is 2. The third-order valence-electron chi connectivity index (χ3n) is 5.94. The second-order valence-electron chi connectivity index (χ2n) is 9.02. The van der Waals surface area contributed by atoms with Crippen molar-refractivity contribution < 1.29 is 19.1 Å². The minimum Gasteiger partial charge on any atom is -0.493 e. The molecule has 2 amide bonds. The van der Waals surface area contributed by atoms with Gasteiger partial charge in [-0.05, 0) is 80.8 Å². The quantitative estimate of drug-likeness (QED) is 0.672. The Kier molecular flexibility index (Phi) is 6.98. The van der Waals surface area contributed by atoms with Gasteiger partial charge in [-0.15, -0.1) is 0 Å². The van der Waals surface area contributed by atoms with Gasteiger partial charge >= 0.3 is 6.09 Å². The number of amides is 2. The van der Waals surface area contributed by atoms with Crippen molar-refractivity contribution in [2.45, 2.75) is 51.7 Å². The fraction of sp³-hybridized carbons (Fsp3) is 0.462. The van der Waals surface area contributed by atoms with E-state index in [2.05, 4.69) is 5.32 Å². The first kappa shape index (κ1) is 22.2. The third-order valence-corrected chi connectivity index (χ3v) is 5.94. The van der Waals surface area contributed by atoms with Gasteiger partial charge < -0.3 is 19.7 Å². The van der Waals surface area contributed by atoms with E-state index >= 15 is 0 Å². The number of hydrogen-bond donors (Lipinski definition) is 1. The molecule has 0 radical (unpaired) electrons. The second kappa shape index (κ2) is 10.1. The molecule has 0 unspecified atom stereocenters. The Hall–Kier alpha value is -3.02. The summed E-state index contributed by atoms with van der Waals surface area (Å²) in [5.41, 5.74) is 2.85. The molecule has 1 saturated heterocycles. The summed E-state index contributed by atoms with van der Waals surface area (Å²) in [6, 6.07) is 16.1. The van der Waals surface area contributed by atoms with E-state index in [4.69, 9.17) is 9.47 Å². The largest absolute Gasteiger partial charge is 0.493 e. The van der Waals surface area contributed by atoms with Crippen molar-refractivity contribution in [1.29, 1.82) is 0 Å². The lowest BCUT2D eigenvalue weighted by molar-refractivity contribution is 0.0608. The summed E-state index contributed by atoms with van der Waals surface area (Å²) in [5, 5.41) is 3.01. The maximum absolute atomic E-state index is 12.1. The highest BCUT2D eigenvalue weighted by Gasteiger charge is 2.25. The zero-order chi connectivity index (χ0) is 22.5. The van der Waals surface area contributed by atoms with Gasteiger partial charge in [0.15, 0.2) is 0 Å². The second-order valence-corrected chi connectivity index (χ2v) is 9.02. The number of nitrogens with one attached hydrogen (secondary N) is 1. The number of carbonyl (C=O) groups excluding carboxylic acids is 2. The molecule has 0 aromatic heterocycles. The Bertz CT molecular complexity index is 912. The van der Waals surface area contributed by atoms with Gasteiger partial charge in [-0.1, -0.05) is 24.3 Å². The Morgan fingerprint density at radius 2 is 1.53 bits per heavy atom. The molecule has 0 atom stereocenters. The van der Waals surface area contributed by atoms with Crippen molar-refractivity contribution in [2.24, 2.45) is 5.92 Å². The maximum Gasteiger partial charge on any atom is 0.410 e. The molecule has 32 heavy (non-hydrogen) atoms. The number of likely N-dealkylation sites (tertiary alicyclic amines) is 1. The molecule has 1 saturated carbocycles. The van der Waals surface area contributed by atoms with Gasteiger partial charge in [-0.25, -0.2) is 4.79 Å². The minimum atomic E-state index is -0.216. The highest BCUT2D eigenvalue weighted by Crippen LogP contribution is 2.25. The van der Waals surface area contributed by atoms with E-state index in [1.54, 1.807) is 4.90 Å². The van der Waals surface area contributed by atoms with Gasteiger partial charge in [0.25, 0.3) is 5.91 Å². The number of hydrogen-bond acceptors (Lipinski definition) is 4. The Morgan fingerprint density at radius 3 is 2.09 bits per heavy atom. The zero-order valence-corrected chi connectivity index (χ0v) is 18.9. The number of piperidine rings is 1. The standard InChI is InChI=1S/C26H32N2O4/c1-18(2)32-26(30)28-15-13-19(14-16-28)17-31-24-11-7-21(8-12-24)20-3-5-22(6-4-20)25(29)27-23-9-10-23/h3-8,11-12,18-19,23H,9-10,13-17H2,1-2H3,(H,27,29). The average Bonchev–Trinajstić information content (AvgIpc) is 3.62. The van der Waals surface area contributed by atoms with Gasteiger partial charge in [-0.2, -0.15) is 0 Å². The van der Waals surface area contributed by atoms with Crippen LogP contribution in [-0.4, -0.2) is 48.7 Å². The Labute approximate surface area is 189 Å². The van der Waals surface area contributed by atoms with Crippen LogP contribution in [0.5, 0.6) is 5.75 Å². The topological polar surface area (TPSA) is 67.9 Å². The molecule has 6 nitrogen and oxygen atoms in total. The molecule has 170 valence electrons. The van der Waals surface area contributed by atoms with E-state index < -0.39 is 0 Å². The average molecular weight is 437 g/mol. The molecule has 1 heterocycles. The fourth-order valence-corrected chi connectivity index (χ4v) is 3.83. The summed E-state index contributed by atoms with van der Waals surface area (Å²) in [6.07, 6.45) is 3.72. The van der Waals surface area contributed by atoms with E-state index in [0.717, 1.165) is 42.6 Å². The molecule has 1 N–H and O–H groups in total. The van der Waals surface area contributed by atoms with E-state index in [1.165, 1.54) is 0 Å². The summed E-state index contributed by atoms with van der Waals surface area (Å²) in [7, 11) is 0. The summed E-state index contributed by atoms with van der Waals surface area (Å²) >= 11 is 0. The van der Waals surface area contributed by atoms with Crippen LogP contribution in [0.4, 0.5) is 4.79 Å². The number of rotatable bonds is 7. The molecule has 2 fully saturated rings. The molecule has 0 bridgehead atoms. The van der Waals surface area contributed by atoms with E-state index in [9.17, 15) is 9.59 Å². The summed E-state index contributed by atoms with van der Waals surface area (Å²) in [6.45, 7) is 5.82. The molecule has 0 spiro atoms. The van der Waals surface area contributed by atoms with E-state index in [-0.39, 0.29) is 18.1 Å². The van der Waals surface area contributed by atoms with Gasteiger partial charge in [0.1, 0.15) is 5.75 Å². The van der Waals surface area contributed by atoms with Crippen molar-refractivity contribution in [3.63, 3.8) is 0 Å². The predicted octanol–water partition coefficient (Wildman–Crippen LogP) is 4.88. The van der Waals surface area contributed by atoms with Crippen LogP contribution in [-0.2, 0) is 4.74 Å². The fourth-order valence-electron chi connectivity index (χ4n) is 3.83. The molecule has 2 aromatic rings. The Balaban J connectivity index is 1.24. The van der Waals surface area contributed by atoms with E-state index in [1.807, 2.05) is 62.4 Å². The molecular formula is C26H32N2O4.